The predicted octanol–water partition coefficient (Wildman–Crippen LogP) is 1.81. The van der Waals surface area contributed by atoms with Gasteiger partial charge in [0.1, 0.15) is 0 Å². The zero-order valence-electron chi connectivity index (χ0n) is 10.8. The Bertz CT molecular complexity index is 466. The molecule has 0 aliphatic heterocycles. The first-order valence-corrected chi connectivity index (χ1v) is 7.95. The van der Waals surface area contributed by atoms with Crippen LogP contribution >= 0.6 is 11.3 Å². The lowest BCUT2D eigenvalue weighted by Gasteiger charge is -2.14. The van der Waals surface area contributed by atoms with Gasteiger partial charge in [-0.2, -0.15) is 0 Å². The summed E-state index contributed by atoms with van der Waals surface area (Å²) in [5.74, 6) is 0. The molecule has 0 saturated carbocycles. The van der Waals surface area contributed by atoms with E-state index in [0.717, 1.165) is 22.8 Å². The molecule has 98 valence electrons. The minimum Gasteiger partial charge on any atom is -0.312 e. The van der Waals surface area contributed by atoms with E-state index in [1.165, 1.54) is 4.31 Å². The van der Waals surface area contributed by atoms with Crippen molar-refractivity contribution in [1.82, 2.24) is 9.62 Å². The van der Waals surface area contributed by atoms with Crippen molar-refractivity contribution in [2.75, 3.05) is 20.1 Å². The second-order valence-electron chi connectivity index (χ2n) is 3.83. The molecule has 1 aromatic rings. The molecule has 4 nitrogen and oxygen atoms in total. The maximum atomic E-state index is 12.2. The molecule has 1 N–H and O–H groups in total. The summed E-state index contributed by atoms with van der Waals surface area (Å²) in [5.41, 5.74) is 0. The van der Waals surface area contributed by atoms with Gasteiger partial charge in [0.15, 0.2) is 0 Å². The number of hydrogen-bond donors (Lipinski definition) is 1. The largest absolute Gasteiger partial charge is 0.312 e. The summed E-state index contributed by atoms with van der Waals surface area (Å²) in [6.45, 7) is 7.82. The highest BCUT2D eigenvalue weighted by atomic mass is 32.2. The van der Waals surface area contributed by atoms with E-state index in [2.05, 4.69) is 5.32 Å². The number of thiophene rings is 1. The van der Waals surface area contributed by atoms with Crippen LogP contribution in [0.1, 0.15) is 23.6 Å². The number of rotatable bonds is 6. The zero-order valence-corrected chi connectivity index (χ0v) is 12.4. The summed E-state index contributed by atoms with van der Waals surface area (Å²) in [7, 11) is -1.70. The van der Waals surface area contributed by atoms with Crippen molar-refractivity contribution in [3.8, 4) is 0 Å². The van der Waals surface area contributed by atoms with Crippen molar-refractivity contribution < 1.29 is 8.42 Å². The monoisotopic (exact) mass is 276 g/mol. The molecular weight excluding hydrogens is 256 g/mol. The van der Waals surface area contributed by atoms with E-state index in [0.29, 0.717) is 11.4 Å². The first-order chi connectivity index (χ1) is 7.93. The molecule has 6 heteroatoms. The third-order valence-electron chi connectivity index (χ3n) is 2.61. The number of nitrogens with one attached hydrogen (secondary N) is 1. The molecular formula is C11H20N2O2S2. The highest BCUT2D eigenvalue weighted by molar-refractivity contribution is 7.89. The molecule has 1 rings (SSSR count). The number of sulfonamides is 1. The van der Waals surface area contributed by atoms with Crippen LogP contribution in [-0.2, 0) is 16.6 Å². The fourth-order valence-electron chi connectivity index (χ4n) is 1.45. The fourth-order valence-corrected chi connectivity index (χ4v) is 4.20. The topological polar surface area (TPSA) is 49.4 Å². The summed E-state index contributed by atoms with van der Waals surface area (Å²) >= 11 is 1.54. The Balaban J connectivity index is 3.02. The molecule has 0 bridgehead atoms. The van der Waals surface area contributed by atoms with Crippen molar-refractivity contribution in [2.45, 2.75) is 32.2 Å². The van der Waals surface area contributed by atoms with Crippen molar-refractivity contribution in [3.05, 3.63) is 15.8 Å². The SMILES string of the molecule is CCNCc1cc(S(=O)(=O)N(C)CC)c(C)s1. The van der Waals surface area contributed by atoms with Gasteiger partial charge in [0.05, 0.1) is 4.90 Å². The van der Waals surface area contributed by atoms with E-state index in [9.17, 15) is 8.42 Å². The smallest absolute Gasteiger partial charge is 0.243 e. The molecule has 0 saturated heterocycles. The maximum Gasteiger partial charge on any atom is 0.243 e. The molecule has 0 aliphatic carbocycles. The van der Waals surface area contributed by atoms with Crippen LogP contribution in [0.5, 0.6) is 0 Å². The van der Waals surface area contributed by atoms with Gasteiger partial charge in [-0.1, -0.05) is 13.8 Å². The molecule has 0 unspecified atom stereocenters. The van der Waals surface area contributed by atoms with Crippen LogP contribution in [-0.4, -0.2) is 32.9 Å². The van der Waals surface area contributed by atoms with Gasteiger partial charge < -0.3 is 5.32 Å². The van der Waals surface area contributed by atoms with Gasteiger partial charge >= 0.3 is 0 Å². The van der Waals surface area contributed by atoms with E-state index in [1.807, 2.05) is 20.8 Å². The Kier molecular flexibility index (Phi) is 5.12. The van der Waals surface area contributed by atoms with Gasteiger partial charge in [0, 0.05) is 29.9 Å². The molecule has 0 amide bonds. The number of nitrogens with zero attached hydrogens (tertiary/aromatic N) is 1. The summed E-state index contributed by atoms with van der Waals surface area (Å²) < 4.78 is 25.7. The molecule has 0 aromatic carbocycles. The van der Waals surface area contributed by atoms with Gasteiger partial charge in [0.2, 0.25) is 10.0 Å². The maximum absolute atomic E-state index is 12.2. The van der Waals surface area contributed by atoms with Gasteiger partial charge in [-0.15, -0.1) is 11.3 Å². The molecule has 0 radical (unpaired) electrons. The van der Waals surface area contributed by atoms with E-state index < -0.39 is 10.0 Å². The Morgan fingerprint density at radius 2 is 2.06 bits per heavy atom. The zero-order chi connectivity index (χ0) is 13.1. The van der Waals surface area contributed by atoms with E-state index in [4.69, 9.17) is 0 Å². The third kappa shape index (κ3) is 3.28. The molecule has 0 atom stereocenters. The van der Waals surface area contributed by atoms with Crippen molar-refractivity contribution >= 4 is 21.4 Å². The summed E-state index contributed by atoms with van der Waals surface area (Å²) in [6, 6.07) is 1.78. The molecule has 17 heavy (non-hydrogen) atoms. The Labute approximate surface area is 108 Å². The highest BCUT2D eigenvalue weighted by Crippen LogP contribution is 2.27. The van der Waals surface area contributed by atoms with Crippen LogP contribution in [0.2, 0.25) is 0 Å². The second kappa shape index (κ2) is 5.95. The molecule has 0 spiro atoms. The molecule has 0 fully saturated rings. The first-order valence-electron chi connectivity index (χ1n) is 5.69. The van der Waals surface area contributed by atoms with Gasteiger partial charge in [-0.05, 0) is 19.5 Å². The normalized spacial score (nSPS) is 12.3. The first kappa shape index (κ1) is 14.6. The van der Waals surface area contributed by atoms with Crippen LogP contribution in [0.3, 0.4) is 0 Å². The summed E-state index contributed by atoms with van der Waals surface area (Å²) in [4.78, 5) is 2.37. The molecule has 0 aliphatic rings. The lowest BCUT2D eigenvalue weighted by molar-refractivity contribution is 0.486. The quantitative estimate of drug-likeness (QED) is 0.862. The number of hydrogen-bond acceptors (Lipinski definition) is 4. The van der Waals surface area contributed by atoms with E-state index in [1.54, 1.807) is 24.5 Å². The van der Waals surface area contributed by atoms with Crippen LogP contribution in [0.15, 0.2) is 11.0 Å². The standard InChI is InChI=1S/C11H20N2O2S2/c1-5-12-8-10-7-11(9(3)16-10)17(14,15)13(4)6-2/h7,12H,5-6,8H2,1-4H3. The van der Waals surface area contributed by atoms with Crippen LogP contribution in [0.4, 0.5) is 0 Å². The lowest BCUT2D eigenvalue weighted by atomic mass is 10.4. The van der Waals surface area contributed by atoms with E-state index >= 15 is 0 Å². The minimum atomic E-state index is -3.31. The minimum absolute atomic E-state index is 0.444. The van der Waals surface area contributed by atoms with Gasteiger partial charge in [-0.25, -0.2) is 12.7 Å². The summed E-state index contributed by atoms with van der Waals surface area (Å²) in [6.07, 6.45) is 0. The average Bonchev–Trinajstić information content (AvgIpc) is 2.67. The fraction of sp³-hybridized carbons (Fsp3) is 0.636. The molecule has 1 heterocycles. The summed E-state index contributed by atoms with van der Waals surface area (Å²) in [5, 5.41) is 3.20. The van der Waals surface area contributed by atoms with Gasteiger partial charge in [-0.3, -0.25) is 0 Å². The van der Waals surface area contributed by atoms with Gasteiger partial charge in [0.25, 0.3) is 0 Å². The highest BCUT2D eigenvalue weighted by Gasteiger charge is 2.23. The second-order valence-corrected chi connectivity index (χ2v) is 7.19. The Morgan fingerprint density at radius 3 is 2.59 bits per heavy atom. The Hall–Kier alpha value is -0.430. The van der Waals surface area contributed by atoms with Crippen molar-refractivity contribution in [3.63, 3.8) is 0 Å². The van der Waals surface area contributed by atoms with Crippen LogP contribution in [0.25, 0.3) is 0 Å². The van der Waals surface area contributed by atoms with Crippen molar-refractivity contribution in [1.29, 1.82) is 0 Å². The Morgan fingerprint density at radius 1 is 1.41 bits per heavy atom. The molecule has 1 aromatic heterocycles. The van der Waals surface area contributed by atoms with Crippen LogP contribution in [0, 0.1) is 6.92 Å². The lowest BCUT2D eigenvalue weighted by Crippen LogP contribution is -2.26. The average molecular weight is 276 g/mol. The third-order valence-corrected chi connectivity index (χ3v) is 5.84. The van der Waals surface area contributed by atoms with Crippen LogP contribution < -0.4 is 5.32 Å². The number of aryl methyl sites for hydroxylation is 1. The van der Waals surface area contributed by atoms with Crippen molar-refractivity contribution in [2.24, 2.45) is 0 Å². The predicted molar refractivity (Wildman–Crippen MR) is 71.9 cm³/mol. The van der Waals surface area contributed by atoms with E-state index in [-0.39, 0.29) is 0 Å².